The minimum atomic E-state index is -0.379. The van der Waals surface area contributed by atoms with Crippen molar-refractivity contribution in [3.05, 3.63) is 89.0 Å². The third kappa shape index (κ3) is 7.39. The summed E-state index contributed by atoms with van der Waals surface area (Å²) in [6.45, 7) is 3.44. The number of hydrogen-bond donors (Lipinski definition) is 2. The van der Waals surface area contributed by atoms with Gasteiger partial charge in [0.05, 0.1) is 51.1 Å². The van der Waals surface area contributed by atoms with Crippen molar-refractivity contribution in [2.24, 2.45) is 0 Å². The summed E-state index contributed by atoms with van der Waals surface area (Å²) in [6, 6.07) is 19.6. The van der Waals surface area contributed by atoms with E-state index >= 15 is 0 Å². The second kappa shape index (κ2) is 13.6. The number of carbonyl (C=O) groups is 3. The van der Waals surface area contributed by atoms with E-state index in [1.165, 1.54) is 14.2 Å². The van der Waals surface area contributed by atoms with Crippen LogP contribution in [0, 0.1) is 6.92 Å². The number of anilines is 2. The Morgan fingerprint density at radius 3 is 2.38 bits per heavy atom. The normalized spacial score (nSPS) is 14.5. The molecule has 9 heteroatoms. The number of nitrogens with zero attached hydrogens (tertiary/aromatic N) is 1. The number of methoxy groups -OCH3 is 2. The number of benzene rings is 3. The van der Waals surface area contributed by atoms with Crippen LogP contribution in [-0.2, 0) is 27.3 Å². The van der Waals surface area contributed by atoms with Crippen molar-refractivity contribution in [1.29, 1.82) is 0 Å². The Balaban J connectivity index is 1.30. The third-order valence-corrected chi connectivity index (χ3v) is 6.91. The van der Waals surface area contributed by atoms with E-state index in [2.05, 4.69) is 10.6 Å². The minimum Gasteiger partial charge on any atom is -0.495 e. The summed E-state index contributed by atoms with van der Waals surface area (Å²) in [5, 5.41) is 5.66. The highest BCUT2D eigenvalue weighted by molar-refractivity contribution is 6.01. The summed E-state index contributed by atoms with van der Waals surface area (Å²) >= 11 is 0. The largest absolute Gasteiger partial charge is 0.495 e. The molecule has 3 aromatic rings. The molecule has 0 aliphatic carbocycles. The second-order valence-electron chi connectivity index (χ2n) is 9.69. The van der Waals surface area contributed by atoms with Crippen LogP contribution in [0.4, 0.5) is 16.2 Å². The van der Waals surface area contributed by atoms with E-state index in [4.69, 9.17) is 14.2 Å². The van der Waals surface area contributed by atoms with Gasteiger partial charge in [-0.3, -0.25) is 4.79 Å². The lowest BCUT2D eigenvalue weighted by Gasteiger charge is -2.25. The van der Waals surface area contributed by atoms with Gasteiger partial charge in [0, 0.05) is 12.2 Å². The number of nitrogens with one attached hydrogen (secondary N) is 2. The Labute approximate surface area is 234 Å². The number of para-hydroxylation sites is 1. The molecule has 0 saturated carbocycles. The molecule has 0 aromatic heterocycles. The van der Waals surface area contributed by atoms with Gasteiger partial charge in [0.25, 0.3) is 0 Å². The molecule has 0 spiro atoms. The maximum absolute atomic E-state index is 13.2. The van der Waals surface area contributed by atoms with Crippen molar-refractivity contribution in [3.8, 4) is 5.75 Å². The SMILES string of the molecule is COC(=O)c1ccc(COCC2CCCN2C(=O)Cc2ccc(NC(=O)Nc3ccccc3C)c(OC)c2)cc1. The predicted octanol–water partition coefficient (Wildman–Crippen LogP) is 5.18. The molecule has 1 aliphatic rings. The van der Waals surface area contributed by atoms with Gasteiger partial charge in [0.1, 0.15) is 5.75 Å². The first-order valence-corrected chi connectivity index (χ1v) is 13.2. The molecule has 3 amide bonds. The second-order valence-corrected chi connectivity index (χ2v) is 9.69. The molecular formula is C31H35N3O6. The summed E-state index contributed by atoms with van der Waals surface area (Å²) in [6.07, 6.45) is 2.03. The molecule has 4 rings (SSSR count). The summed E-state index contributed by atoms with van der Waals surface area (Å²) in [4.78, 5) is 39.2. The Bertz CT molecular complexity index is 1340. The third-order valence-electron chi connectivity index (χ3n) is 6.91. The van der Waals surface area contributed by atoms with Gasteiger partial charge in [-0.2, -0.15) is 0 Å². The van der Waals surface area contributed by atoms with Gasteiger partial charge in [0.2, 0.25) is 5.91 Å². The lowest BCUT2D eigenvalue weighted by atomic mass is 10.1. The number of amides is 3. The molecular weight excluding hydrogens is 510 g/mol. The Kier molecular flexibility index (Phi) is 9.75. The molecule has 40 heavy (non-hydrogen) atoms. The van der Waals surface area contributed by atoms with Crippen LogP contribution >= 0.6 is 0 Å². The number of carbonyl (C=O) groups excluding carboxylic acids is 3. The standard InChI is InChI=1S/C31H35N3O6/c1-21-7-4-5-9-26(21)32-31(37)33-27-15-12-23(17-28(27)38-2)18-29(35)34-16-6-8-25(34)20-40-19-22-10-13-24(14-11-22)30(36)39-3/h4-5,7,9-15,17,25H,6,8,16,18-20H2,1-3H3,(H2,32,33,37). The summed E-state index contributed by atoms with van der Waals surface area (Å²) in [5.74, 6) is 0.123. The first kappa shape index (κ1) is 28.6. The van der Waals surface area contributed by atoms with Crippen LogP contribution in [0.5, 0.6) is 5.75 Å². The first-order chi connectivity index (χ1) is 19.4. The van der Waals surface area contributed by atoms with Crippen LogP contribution in [0.2, 0.25) is 0 Å². The number of aryl methyl sites for hydroxylation is 1. The fourth-order valence-corrected chi connectivity index (χ4v) is 4.72. The highest BCUT2D eigenvalue weighted by Crippen LogP contribution is 2.27. The molecule has 1 unspecified atom stereocenters. The zero-order valence-corrected chi connectivity index (χ0v) is 23.1. The predicted molar refractivity (Wildman–Crippen MR) is 153 cm³/mol. The highest BCUT2D eigenvalue weighted by atomic mass is 16.5. The lowest BCUT2D eigenvalue weighted by Crippen LogP contribution is -2.39. The molecule has 0 bridgehead atoms. The molecule has 9 nitrogen and oxygen atoms in total. The van der Waals surface area contributed by atoms with E-state index in [1.54, 1.807) is 24.3 Å². The van der Waals surface area contributed by atoms with Crippen molar-refractivity contribution in [2.45, 2.75) is 38.8 Å². The van der Waals surface area contributed by atoms with Crippen LogP contribution in [0.15, 0.2) is 66.7 Å². The van der Waals surface area contributed by atoms with Crippen LogP contribution in [0.1, 0.15) is 39.9 Å². The van der Waals surface area contributed by atoms with Gasteiger partial charge in [0.15, 0.2) is 0 Å². The smallest absolute Gasteiger partial charge is 0.337 e. The Morgan fingerprint density at radius 1 is 0.925 bits per heavy atom. The van der Waals surface area contributed by atoms with Crippen LogP contribution in [0.25, 0.3) is 0 Å². The molecule has 1 aliphatic heterocycles. The van der Waals surface area contributed by atoms with E-state index in [9.17, 15) is 14.4 Å². The molecule has 210 valence electrons. The van der Waals surface area contributed by atoms with Gasteiger partial charge in [-0.15, -0.1) is 0 Å². The molecule has 1 fully saturated rings. The fourth-order valence-electron chi connectivity index (χ4n) is 4.72. The van der Waals surface area contributed by atoms with Crippen LogP contribution in [-0.4, -0.2) is 56.2 Å². The quantitative estimate of drug-likeness (QED) is 0.340. The topological polar surface area (TPSA) is 106 Å². The summed E-state index contributed by atoms with van der Waals surface area (Å²) < 4.78 is 16.1. The lowest BCUT2D eigenvalue weighted by molar-refractivity contribution is -0.132. The molecule has 0 radical (unpaired) electrons. The molecule has 3 aromatic carbocycles. The van der Waals surface area contributed by atoms with Crippen LogP contribution < -0.4 is 15.4 Å². The molecule has 1 saturated heterocycles. The van der Waals surface area contributed by atoms with Gasteiger partial charge in [-0.1, -0.05) is 36.4 Å². The first-order valence-electron chi connectivity index (χ1n) is 13.2. The average Bonchev–Trinajstić information content (AvgIpc) is 3.44. The van der Waals surface area contributed by atoms with E-state index < -0.39 is 0 Å². The monoisotopic (exact) mass is 545 g/mol. The van der Waals surface area contributed by atoms with Crippen molar-refractivity contribution in [3.63, 3.8) is 0 Å². The zero-order valence-electron chi connectivity index (χ0n) is 23.1. The fraction of sp³-hybridized carbons (Fsp3) is 0.323. The number of rotatable bonds is 10. The van der Waals surface area contributed by atoms with Crippen molar-refractivity contribution in [2.75, 3.05) is 38.0 Å². The minimum absolute atomic E-state index is 0.00909. The Hall–Kier alpha value is -4.37. The maximum atomic E-state index is 13.2. The van der Waals surface area contributed by atoms with Gasteiger partial charge < -0.3 is 29.7 Å². The van der Waals surface area contributed by atoms with Crippen molar-refractivity contribution < 1.29 is 28.6 Å². The number of likely N-dealkylation sites (tertiary alicyclic amines) is 1. The highest BCUT2D eigenvalue weighted by Gasteiger charge is 2.29. The average molecular weight is 546 g/mol. The number of esters is 1. The number of ether oxygens (including phenoxy) is 3. The molecule has 2 N–H and O–H groups in total. The number of hydrogen-bond acceptors (Lipinski definition) is 6. The van der Waals surface area contributed by atoms with Gasteiger partial charge in [-0.05, 0) is 66.8 Å². The van der Waals surface area contributed by atoms with Gasteiger partial charge >= 0.3 is 12.0 Å². The molecule has 1 heterocycles. The van der Waals surface area contributed by atoms with Crippen LogP contribution in [0.3, 0.4) is 0 Å². The summed E-state index contributed by atoms with van der Waals surface area (Å²) in [7, 11) is 2.88. The number of urea groups is 1. The maximum Gasteiger partial charge on any atom is 0.337 e. The summed E-state index contributed by atoms with van der Waals surface area (Å²) in [5.41, 5.74) is 4.42. The van der Waals surface area contributed by atoms with Crippen molar-refractivity contribution in [1.82, 2.24) is 4.90 Å². The van der Waals surface area contributed by atoms with E-state index in [1.807, 2.05) is 54.3 Å². The van der Waals surface area contributed by atoms with Crippen molar-refractivity contribution >= 4 is 29.3 Å². The van der Waals surface area contributed by atoms with E-state index in [0.29, 0.717) is 36.8 Å². The Morgan fingerprint density at radius 2 is 1.65 bits per heavy atom. The van der Waals surface area contributed by atoms with E-state index in [-0.39, 0.29) is 30.4 Å². The zero-order chi connectivity index (χ0) is 28.5. The van der Waals surface area contributed by atoms with Gasteiger partial charge in [-0.25, -0.2) is 9.59 Å². The molecule has 1 atom stereocenters. The van der Waals surface area contributed by atoms with E-state index in [0.717, 1.165) is 35.2 Å².